The molecule has 0 aromatic carbocycles. The monoisotopic (exact) mass is 318 g/mol. The van der Waals surface area contributed by atoms with Crippen LogP contribution in [0.4, 0.5) is 13.2 Å². The number of rotatable bonds is 3. The number of alkyl halides is 3. The second-order valence-corrected chi connectivity index (χ2v) is 5.63. The summed E-state index contributed by atoms with van der Waals surface area (Å²) in [5, 5.41) is 19.2. The highest BCUT2D eigenvalue weighted by Gasteiger charge is 2.64. The van der Waals surface area contributed by atoms with Crippen LogP contribution in [-0.2, 0) is 9.59 Å². The molecule has 0 aliphatic heterocycles. The number of aliphatic carboxylic acids is 1. The summed E-state index contributed by atoms with van der Waals surface area (Å²) in [6.07, 6.45) is -1.91. The maximum atomic E-state index is 13.4. The van der Waals surface area contributed by atoms with Crippen LogP contribution in [0.25, 0.3) is 0 Å². The van der Waals surface area contributed by atoms with E-state index in [4.69, 9.17) is 5.11 Å². The predicted molar refractivity (Wildman–Crippen MR) is 73.0 cm³/mol. The number of carboxylic acid groups (broad SMARTS) is 1. The van der Waals surface area contributed by atoms with Crippen molar-refractivity contribution < 1.29 is 33.0 Å². The number of ketones is 1. The van der Waals surface area contributed by atoms with Gasteiger partial charge < -0.3 is 10.2 Å². The molecule has 4 nitrogen and oxygen atoms in total. The van der Waals surface area contributed by atoms with Crippen LogP contribution in [0.5, 0.6) is 0 Å². The highest BCUT2D eigenvalue weighted by atomic mass is 19.4. The lowest BCUT2D eigenvalue weighted by atomic mass is 9.62. The van der Waals surface area contributed by atoms with Gasteiger partial charge in [0.15, 0.2) is 5.78 Å². The molecule has 0 aromatic heterocycles. The van der Waals surface area contributed by atoms with Crippen molar-refractivity contribution >= 4 is 11.8 Å². The Hall–Kier alpha value is -1.89. The second-order valence-electron chi connectivity index (χ2n) is 5.63. The molecule has 2 atom stereocenters. The minimum Gasteiger partial charge on any atom is -0.478 e. The molecule has 1 aliphatic rings. The maximum Gasteiger partial charge on any atom is 0.398 e. The third-order valence-corrected chi connectivity index (χ3v) is 3.91. The van der Waals surface area contributed by atoms with Gasteiger partial charge in [0.2, 0.25) is 0 Å². The Morgan fingerprint density at radius 3 is 2.41 bits per heavy atom. The lowest BCUT2D eigenvalue weighted by Crippen LogP contribution is -2.57. The van der Waals surface area contributed by atoms with E-state index in [1.165, 1.54) is 13.8 Å². The summed E-state index contributed by atoms with van der Waals surface area (Å²) in [5.74, 6) is -1.97. The number of aliphatic hydroxyl groups is 1. The van der Waals surface area contributed by atoms with Crippen molar-refractivity contribution in [3.8, 4) is 0 Å². The zero-order valence-electron chi connectivity index (χ0n) is 12.4. The first-order valence-electron chi connectivity index (χ1n) is 6.44. The maximum absolute atomic E-state index is 13.4. The topological polar surface area (TPSA) is 74.6 Å². The van der Waals surface area contributed by atoms with Gasteiger partial charge in [-0.05, 0) is 44.1 Å². The number of halogens is 3. The van der Waals surface area contributed by atoms with Gasteiger partial charge in [-0.1, -0.05) is 6.08 Å². The van der Waals surface area contributed by atoms with Crippen LogP contribution < -0.4 is 0 Å². The van der Waals surface area contributed by atoms with Gasteiger partial charge in [-0.25, -0.2) is 4.79 Å². The summed E-state index contributed by atoms with van der Waals surface area (Å²) in [7, 11) is 0. The molecule has 0 bridgehead atoms. The molecule has 1 rings (SSSR count). The normalized spacial score (nSPS) is 30.6. The zero-order chi connectivity index (χ0) is 17.3. The van der Waals surface area contributed by atoms with Crippen molar-refractivity contribution in [1.29, 1.82) is 0 Å². The Morgan fingerprint density at radius 2 is 1.95 bits per heavy atom. The van der Waals surface area contributed by atoms with E-state index in [0.29, 0.717) is 0 Å². The summed E-state index contributed by atoms with van der Waals surface area (Å²) in [6, 6.07) is 0. The molecule has 22 heavy (non-hydrogen) atoms. The fourth-order valence-electron chi connectivity index (χ4n) is 2.45. The largest absolute Gasteiger partial charge is 0.478 e. The number of allylic oxidation sites excluding steroid dienone is 3. The van der Waals surface area contributed by atoms with Crippen LogP contribution in [0.1, 0.15) is 27.2 Å². The Kier molecular flexibility index (Phi) is 4.72. The Labute approximate surface area is 125 Å². The van der Waals surface area contributed by atoms with Crippen LogP contribution in [0.3, 0.4) is 0 Å². The molecule has 0 spiro atoms. The van der Waals surface area contributed by atoms with Crippen molar-refractivity contribution in [2.24, 2.45) is 5.41 Å². The average Bonchev–Trinajstić information content (AvgIpc) is 2.31. The Morgan fingerprint density at radius 1 is 1.41 bits per heavy atom. The SMILES string of the molecule is CC(C=C[C@@]1(O)C(C)=CC(=O)C[C@]1(C)C(F)(F)F)=CC(=O)O. The molecule has 0 heterocycles. The van der Waals surface area contributed by atoms with Crippen molar-refractivity contribution in [1.82, 2.24) is 0 Å². The second kappa shape index (κ2) is 5.72. The van der Waals surface area contributed by atoms with Crippen molar-refractivity contribution in [2.45, 2.75) is 39.0 Å². The van der Waals surface area contributed by atoms with Gasteiger partial charge in [-0.15, -0.1) is 0 Å². The van der Waals surface area contributed by atoms with Crippen LogP contribution in [0.2, 0.25) is 0 Å². The van der Waals surface area contributed by atoms with Gasteiger partial charge in [-0.2, -0.15) is 13.2 Å². The van der Waals surface area contributed by atoms with Crippen LogP contribution in [-0.4, -0.2) is 33.7 Å². The smallest absolute Gasteiger partial charge is 0.398 e. The quantitative estimate of drug-likeness (QED) is 0.620. The van der Waals surface area contributed by atoms with E-state index >= 15 is 0 Å². The molecule has 0 aromatic rings. The third-order valence-electron chi connectivity index (χ3n) is 3.91. The molecule has 7 heteroatoms. The standard InChI is InChI=1S/C15H17F3O4/c1-9(6-12(20)21)4-5-14(22)10(2)7-11(19)8-13(14,3)15(16,17)18/h4-7,22H,8H2,1-3H3,(H,20,21)/t13-,14+/m0/s1. The highest BCUT2D eigenvalue weighted by Crippen LogP contribution is 2.54. The van der Waals surface area contributed by atoms with E-state index < -0.39 is 35.4 Å². The average molecular weight is 318 g/mol. The van der Waals surface area contributed by atoms with Gasteiger partial charge in [0.05, 0.1) is 0 Å². The summed E-state index contributed by atoms with van der Waals surface area (Å²) in [5.41, 5.74) is -5.08. The van der Waals surface area contributed by atoms with E-state index in [0.717, 1.165) is 31.2 Å². The molecule has 0 radical (unpaired) electrons. The van der Waals surface area contributed by atoms with Gasteiger partial charge in [0.1, 0.15) is 11.0 Å². The van der Waals surface area contributed by atoms with E-state index in [2.05, 4.69) is 0 Å². The van der Waals surface area contributed by atoms with Crippen LogP contribution >= 0.6 is 0 Å². The van der Waals surface area contributed by atoms with Gasteiger partial charge in [0, 0.05) is 12.5 Å². The molecule has 2 N–H and O–H groups in total. The van der Waals surface area contributed by atoms with Gasteiger partial charge >= 0.3 is 12.1 Å². The number of carbonyl (C=O) groups excluding carboxylic acids is 1. The third kappa shape index (κ3) is 3.14. The molecule has 0 fully saturated rings. The lowest BCUT2D eigenvalue weighted by Gasteiger charge is -2.46. The summed E-state index contributed by atoms with van der Waals surface area (Å²) >= 11 is 0. The van der Waals surface area contributed by atoms with Crippen molar-refractivity contribution in [3.05, 3.63) is 35.5 Å². The minimum absolute atomic E-state index is 0.136. The molecular weight excluding hydrogens is 301 g/mol. The number of carboxylic acids is 1. The Bertz CT molecular complexity index is 586. The minimum atomic E-state index is -4.82. The zero-order valence-corrected chi connectivity index (χ0v) is 12.4. The lowest BCUT2D eigenvalue weighted by molar-refractivity contribution is -0.261. The molecular formula is C15H17F3O4. The van der Waals surface area contributed by atoms with Gasteiger partial charge in [0.25, 0.3) is 0 Å². The molecule has 0 saturated carbocycles. The fourth-order valence-corrected chi connectivity index (χ4v) is 2.45. The summed E-state index contributed by atoms with van der Waals surface area (Å²) < 4.78 is 40.3. The van der Waals surface area contributed by atoms with E-state index in [-0.39, 0.29) is 11.1 Å². The number of carbonyl (C=O) groups is 2. The van der Waals surface area contributed by atoms with E-state index in [1.807, 2.05) is 0 Å². The molecule has 0 amide bonds. The van der Waals surface area contributed by atoms with Gasteiger partial charge in [-0.3, -0.25) is 4.79 Å². The van der Waals surface area contributed by atoms with Crippen LogP contribution in [0.15, 0.2) is 35.5 Å². The fraction of sp³-hybridized carbons (Fsp3) is 0.467. The highest BCUT2D eigenvalue weighted by molar-refractivity contribution is 5.93. The van der Waals surface area contributed by atoms with E-state index in [1.54, 1.807) is 0 Å². The molecule has 1 aliphatic carbocycles. The molecule has 0 saturated heterocycles. The molecule has 122 valence electrons. The summed E-state index contributed by atoms with van der Waals surface area (Å²) in [6.45, 7) is 3.40. The first kappa shape index (κ1) is 18.2. The number of hydrogen-bond donors (Lipinski definition) is 2. The van der Waals surface area contributed by atoms with Crippen molar-refractivity contribution in [2.75, 3.05) is 0 Å². The summed E-state index contributed by atoms with van der Waals surface area (Å²) in [4.78, 5) is 22.0. The Balaban J connectivity index is 3.41. The van der Waals surface area contributed by atoms with E-state index in [9.17, 15) is 27.9 Å². The van der Waals surface area contributed by atoms with Crippen LogP contribution in [0, 0.1) is 5.41 Å². The predicted octanol–water partition coefficient (Wildman–Crippen LogP) is 2.79. The molecule has 0 unspecified atom stereocenters. The van der Waals surface area contributed by atoms with Crippen molar-refractivity contribution in [3.63, 3.8) is 0 Å². The first-order chi connectivity index (χ1) is 9.83. The first-order valence-corrected chi connectivity index (χ1v) is 6.44. The number of hydrogen-bond acceptors (Lipinski definition) is 3.